The van der Waals surface area contributed by atoms with Crippen LogP contribution in [0.1, 0.15) is 18.1 Å². The minimum absolute atomic E-state index is 0.195. The molecule has 0 atom stereocenters. The second-order valence-electron chi connectivity index (χ2n) is 7.52. The van der Waals surface area contributed by atoms with Crippen molar-refractivity contribution in [2.75, 3.05) is 29.1 Å². The lowest BCUT2D eigenvalue weighted by Crippen LogP contribution is -2.29. The van der Waals surface area contributed by atoms with E-state index in [1.165, 1.54) is 10.6 Å². The number of hydrogen-bond donors (Lipinski definition) is 1. The van der Waals surface area contributed by atoms with Gasteiger partial charge in [-0.2, -0.15) is 0 Å². The zero-order valence-corrected chi connectivity index (χ0v) is 19.8. The number of aryl methyl sites for hydroxylation is 1. The van der Waals surface area contributed by atoms with Crippen molar-refractivity contribution in [2.24, 2.45) is 0 Å². The zero-order valence-electron chi connectivity index (χ0n) is 18.9. The summed E-state index contributed by atoms with van der Waals surface area (Å²) < 4.78 is 37.2. The second-order valence-corrected chi connectivity index (χ2v) is 9.42. The molecule has 8 heteroatoms. The van der Waals surface area contributed by atoms with Gasteiger partial charge in [-0.05, 0) is 55.8 Å². The lowest BCUT2D eigenvalue weighted by atomic mass is 10.1. The van der Waals surface area contributed by atoms with Gasteiger partial charge in [-0.1, -0.05) is 42.0 Å². The van der Waals surface area contributed by atoms with Crippen LogP contribution < -0.4 is 19.1 Å². The van der Waals surface area contributed by atoms with Crippen LogP contribution in [-0.4, -0.2) is 33.8 Å². The van der Waals surface area contributed by atoms with E-state index in [0.717, 1.165) is 11.1 Å². The molecule has 0 bridgehead atoms. The molecule has 0 aliphatic heterocycles. The van der Waals surface area contributed by atoms with Crippen LogP contribution in [0.4, 0.5) is 11.4 Å². The molecule has 3 aromatic carbocycles. The highest BCUT2D eigenvalue weighted by molar-refractivity contribution is 7.92. The fraction of sp³-hybridized carbons (Fsp3) is 0.240. The Morgan fingerprint density at radius 1 is 0.939 bits per heavy atom. The number of para-hydroxylation sites is 2. The summed E-state index contributed by atoms with van der Waals surface area (Å²) >= 11 is 0. The van der Waals surface area contributed by atoms with Gasteiger partial charge in [0.15, 0.2) is 6.61 Å². The van der Waals surface area contributed by atoms with Gasteiger partial charge >= 0.3 is 0 Å². The molecule has 0 saturated heterocycles. The number of rotatable bonds is 10. The Bertz CT molecular complexity index is 1180. The Hall–Kier alpha value is -3.52. The average Bonchev–Trinajstić information content (AvgIpc) is 2.78. The number of sulfonamides is 1. The number of hydrogen-bond acceptors (Lipinski definition) is 5. The summed E-state index contributed by atoms with van der Waals surface area (Å²) in [6.07, 6.45) is 1.18. The standard InChI is InChI=1S/C25H28N2O5S/c1-4-31-24-8-6-5-7-23(24)26-25(28)18-32-22-15-13-21(14-16-22)27(33(3,29)30)17-20-11-9-19(2)10-12-20/h5-16H,4,17-18H2,1-3H3,(H,26,28). The first-order valence-electron chi connectivity index (χ1n) is 10.5. The number of anilines is 2. The lowest BCUT2D eigenvalue weighted by Gasteiger charge is -2.23. The van der Waals surface area contributed by atoms with Gasteiger partial charge in [0.2, 0.25) is 10.0 Å². The Morgan fingerprint density at radius 2 is 1.61 bits per heavy atom. The lowest BCUT2D eigenvalue weighted by molar-refractivity contribution is -0.118. The topological polar surface area (TPSA) is 84.9 Å². The summed E-state index contributed by atoms with van der Waals surface area (Å²) in [6.45, 7) is 4.37. The van der Waals surface area contributed by atoms with E-state index in [9.17, 15) is 13.2 Å². The molecule has 0 radical (unpaired) electrons. The van der Waals surface area contributed by atoms with Crippen LogP contribution in [-0.2, 0) is 21.4 Å². The fourth-order valence-corrected chi connectivity index (χ4v) is 4.04. The van der Waals surface area contributed by atoms with Crippen molar-refractivity contribution in [2.45, 2.75) is 20.4 Å². The van der Waals surface area contributed by atoms with Gasteiger partial charge in [0, 0.05) is 0 Å². The summed E-state index contributed by atoms with van der Waals surface area (Å²) in [7, 11) is -3.49. The van der Waals surface area contributed by atoms with Gasteiger partial charge in [0.05, 0.1) is 30.8 Å². The van der Waals surface area contributed by atoms with E-state index in [1.54, 1.807) is 36.4 Å². The molecule has 174 valence electrons. The third-order valence-corrected chi connectivity index (χ3v) is 5.94. The molecule has 0 fully saturated rings. The maximum atomic E-state index is 12.4. The highest BCUT2D eigenvalue weighted by Crippen LogP contribution is 2.25. The van der Waals surface area contributed by atoms with Crippen LogP contribution in [0, 0.1) is 6.92 Å². The van der Waals surface area contributed by atoms with Gasteiger partial charge in [-0.15, -0.1) is 0 Å². The molecule has 3 rings (SSSR count). The molecule has 1 amide bonds. The van der Waals surface area contributed by atoms with Crippen molar-refractivity contribution in [1.82, 2.24) is 0 Å². The molecule has 3 aromatic rings. The molecule has 0 aliphatic rings. The highest BCUT2D eigenvalue weighted by atomic mass is 32.2. The van der Waals surface area contributed by atoms with Crippen LogP contribution in [0.2, 0.25) is 0 Å². The molecule has 0 heterocycles. The van der Waals surface area contributed by atoms with Crippen LogP contribution in [0.25, 0.3) is 0 Å². The monoisotopic (exact) mass is 468 g/mol. The SMILES string of the molecule is CCOc1ccccc1NC(=O)COc1ccc(N(Cc2ccc(C)cc2)S(C)(=O)=O)cc1. The predicted molar refractivity (Wildman–Crippen MR) is 130 cm³/mol. The predicted octanol–water partition coefficient (Wildman–Crippen LogP) is 4.38. The van der Waals surface area contributed by atoms with E-state index >= 15 is 0 Å². The van der Waals surface area contributed by atoms with E-state index < -0.39 is 10.0 Å². The molecule has 33 heavy (non-hydrogen) atoms. The van der Waals surface area contributed by atoms with Crippen molar-refractivity contribution >= 4 is 27.3 Å². The fourth-order valence-electron chi connectivity index (χ4n) is 3.15. The third-order valence-electron chi connectivity index (χ3n) is 4.80. The summed E-state index contributed by atoms with van der Waals surface area (Å²) in [6, 6.07) is 21.5. The van der Waals surface area contributed by atoms with Crippen LogP contribution >= 0.6 is 0 Å². The first-order valence-corrected chi connectivity index (χ1v) is 12.4. The molecule has 7 nitrogen and oxygen atoms in total. The molecule has 0 unspecified atom stereocenters. The second kappa shape index (κ2) is 10.9. The van der Waals surface area contributed by atoms with E-state index in [-0.39, 0.29) is 19.1 Å². The maximum absolute atomic E-state index is 12.4. The van der Waals surface area contributed by atoms with Crippen LogP contribution in [0.15, 0.2) is 72.8 Å². The number of nitrogens with one attached hydrogen (secondary N) is 1. The van der Waals surface area contributed by atoms with E-state index in [1.807, 2.05) is 50.2 Å². The summed E-state index contributed by atoms with van der Waals surface area (Å²) in [5.41, 5.74) is 3.08. The van der Waals surface area contributed by atoms with Gasteiger partial charge in [0.1, 0.15) is 11.5 Å². The van der Waals surface area contributed by atoms with Crippen molar-refractivity contribution in [3.05, 3.63) is 83.9 Å². The Labute approximate surface area is 195 Å². The first kappa shape index (κ1) is 24.1. The maximum Gasteiger partial charge on any atom is 0.262 e. The molecular weight excluding hydrogens is 440 g/mol. The quantitative estimate of drug-likeness (QED) is 0.477. The Balaban J connectivity index is 1.63. The molecule has 0 saturated carbocycles. The smallest absolute Gasteiger partial charge is 0.262 e. The number of amides is 1. The van der Waals surface area contributed by atoms with Crippen LogP contribution in [0.5, 0.6) is 11.5 Å². The van der Waals surface area contributed by atoms with Gasteiger partial charge in [0.25, 0.3) is 5.91 Å². The van der Waals surface area contributed by atoms with E-state index in [4.69, 9.17) is 9.47 Å². The van der Waals surface area contributed by atoms with E-state index in [2.05, 4.69) is 5.32 Å². The van der Waals surface area contributed by atoms with E-state index in [0.29, 0.717) is 29.5 Å². The third kappa shape index (κ3) is 6.98. The molecule has 0 spiro atoms. The molecule has 0 aliphatic carbocycles. The molecule has 0 aromatic heterocycles. The number of benzene rings is 3. The molecule has 1 N–H and O–H groups in total. The Kier molecular flexibility index (Phi) is 7.95. The number of ether oxygens (including phenoxy) is 2. The summed E-state index contributed by atoms with van der Waals surface area (Å²) in [5.74, 6) is 0.714. The Morgan fingerprint density at radius 3 is 2.24 bits per heavy atom. The first-order chi connectivity index (χ1) is 15.8. The van der Waals surface area contributed by atoms with Crippen molar-refractivity contribution in [3.8, 4) is 11.5 Å². The highest BCUT2D eigenvalue weighted by Gasteiger charge is 2.18. The van der Waals surface area contributed by atoms with Crippen LogP contribution in [0.3, 0.4) is 0 Å². The molecular formula is C25H28N2O5S. The van der Waals surface area contributed by atoms with Crippen molar-refractivity contribution in [1.29, 1.82) is 0 Å². The minimum atomic E-state index is -3.49. The zero-order chi connectivity index (χ0) is 23.8. The van der Waals surface area contributed by atoms with Gasteiger partial charge in [-0.25, -0.2) is 8.42 Å². The summed E-state index contributed by atoms with van der Waals surface area (Å²) in [4.78, 5) is 12.3. The number of carbonyl (C=O) groups excluding carboxylic acids is 1. The average molecular weight is 469 g/mol. The number of carbonyl (C=O) groups is 1. The van der Waals surface area contributed by atoms with Crippen molar-refractivity contribution in [3.63, 3.8) is 0 Å². The summed E-state index contributed by atoms with van der Waals surface area (Å²) in [5, 5.41) is 2.77. The largest absolute Gasteiger partial charge is 0.492 e. The number of nitrogens with zero attached hydrogens (tertiary/aromatic N) is 1. The normalized spacial score (nSPS) is 11.0. The van der Waals surface area contributed by atoms with Gasteiger partial charge in [-0.3, -0.25) is 9.10 Å². The van der Waals surface area contributed by atoms with Crippen molar-refractivity contribution < 1.29 is 22.7 Å². The minimum Gasteiger partial charge on any atom is -0.492 e. The van der Waals surface area contributed by atoms with Gasteiger partial charge < -0.3 is 14.8 Å².